The molecule has 1 aliphatic heterocycles. The van der Waals surface area contributed by atoms with Gasteiger partial charge in [0.15, 0.2) is 0 Å². The molecule has 0 bridgehead atoms. The lowest BCUT2D eigenvalue weighted by Gasteiger charge is -2.36. The van der Waals surface area contributed by atoms with Gasteiger partial charge in [-0.25, -0.2) is 0 Å². The van der Waals surface area contributed by atoms with Gasteiger partial charge in [-0.3, -0.25) is 14.9 Å². The summed E-state index contributed by atoms with van der Waals surface area (Å²) in [5.41, 5.74) is 1.12. The second kappa shape index (κ2) is 5.14. The maximum Gasteiger partial charge on any atom is 0.309 e. The van der Waals surface area contributed by atoms with E-state index >= 15 is 0 Å². The average Bonchev–Trinajstić information content (AvgIpc) is 2.27. The van der Waals surface area contributed by atoms with Crippen LogP contribution in [0, 0.1) is 16.0 Å². The molecule has 0 atom stereocenters. The summed E-state index contributed by atoms with van der Waals surface area (Å²) in [5.74, 6) is -0.969. The van der Waals surface area contributed by atoms with E-state index in [0.29, 0.717) is 13.1 Å². The summed E-state index contributed by atoms with van der Waals surface area (Å²) in [6, 6.07) is 6.47. The van der Waals surface area contributed by atoms with Crippen LogP contribution in [0.15, 0.2) is 24.3 Å². The molecule has 96 valence electrons. The number of nitro benzene ring substituents is 1. The molecule has 0 aliphatic carbocycles. The first-order valence-corrected chi connectivity index (χ1v) is 5.75. The SMILES string of the molecule is O=C(O)C1CN(CCc2ccc([N+](=O)[O-])cc2)C1. The van der Waals surface area contributed by atoms with Gasteiger partial charge in [-0.15, -0.1) is 0 Å². The van der Waals surface area contributed by atoms with E-state index in [-0.39, 0.29) is 11.6 Å². The van der Waals surface area contributed by atoms with Crippen LogP contribution >= 0.6 is 0 Å². The highest BCUT2D eigenvalue weighted by Crippen LogP contribution is 2.17. The minimum Gasteiger partial charge on any atom is -0.481 e. The summed E-state index contributed by atoms with van der Waals surface area (Å²) < 4.78 is 0. The van der Waals surface area contributed by atoms with Crippen molar-refractivity contribution in [3.8, 4) is 0 Å². The fourth-order valence-electron chi connectivity index (χ4n) is 1.98. The van der Waals surface area contributed by atoms with Crippen LogP contribution < -0.4 is 0 Å². The van der Waals surface area contributed by atoms with E-state index in [2.05, 4.69) is 4.90 Å². The highest BCUT2D eigenvalue weighted by atomic mass is 16.6. The van der Waals surface area contributed by atoms with E-state index < -0.39 is 10.9 Å². The van der Waals surface area contributed by atoms with Gasteiger partial charge in [0.25, 0.3) is 5.69 Å². The first-order chi connectivity index (χ1) is 8.56. The lowest BCUT2D eigenvalue weighted by Crippen LogP contribution is -2.50. The molecule has 1 saturated heterocycles. The summed E-state index contributed by atoms with van der Waals surface area (Å²) in [6.45, 7) is 1.99. The summed E-state index contributed by atoms with van der Waals surface area (Å²) in [5, 5.41) is 19.2. The Morgan fingerprint density at radius 3 is 2.50 bits per heavy atom. The fourth-order valence-corrected chi connectivity index (χ4v) is 1.98. The molecule has 0 saturated carbocycles. The van der Waals surface area contributed by atoms with Crippen molar-refractivity contribution in [1.29, 1.82) is 0 Å². The van der Waals surface area contributed by atoms with Crippen molar-refractivity contribution in [1.82, 2.24) is 4.90 Å². The number of hydrogen-bond donors (Lipinski definition) is 1. The molecule has 1 N–H and O–H groups in total. The minimum atomic E-state index is -0.735. The van der Waals surface area contributed by atoms with E-state index in [0.717, 1.165) is 18.5 Å². The van der Waals surface area contributed by atoms with Crippen molar-refractivity contribution in [2.75, 3.05) is 19.6 Å². The van der Waals surface area contributed by atoms with Crippen LogP contribution in [0.25, 0.3) is 0 Å². The largest absolute Gasteiger partial charge is 0.481 e. The van der Waals surface area contributed by atoms with Gasteiger partial charge in [-0.2, -0.15) is 0 Å². The molecule has 0 unspecified atom stereocenters. The van der Waals surface area contributed by atoms with Gasteiger partial charge in [0.2, 0.25) is 0 Å². The van der Waals surface area contributed by atoms with Gasteiger partial charge < -0.3 is 10.0 Å². The maximum atomic E-state index is 10.6. The minimum absolute atomic E-state index is 0.0913. The summed E-state index contributed by atoms with van der Waals surface area (Å²) >= 11 is 0. The second-order valence-electron chi connectivity index (χ2n) is 4.47. The molecule has 2 rings (SSSR count). The number of nitro groups is 1. The summed E-state index contributed by atoms with van der Waals surface area (Å²) in [7, 11) is 0. The standard InChI is InChI=1S/C12H14N2O4/c15-12(16)10-7-13(8-10)6-5-9-1-3-11(4-2-9)14(17)18/h1-4,10H,5-8H2,(H,15,16). The molecule has 1 heterocycles. The molecule has 1 aromatic carbocycles. The Balaban J connectivity index is 1.78. The van der Waals surface area contributed by atoms with Crippen molar-refractivity contribution in [3.63, 3.8) is 0 Å². The Labute approximate surface area is 104 Å². The van der Waals surface area contributed by atoms with Gasteiger partial charge in [-0.05, 0) is 12.0 Å². The molecule has 6 nitrogen and oxygen atoms in total. The molecule has 0 spiro atoms. The third kappa shape index (κ3) is 2.84. The molecule has 1 aliphatic rings. The Bertz CT molecular complexity index is 452. The van der Waals surface area contributed by atoms with Crippen LogP contribution in [-0.2, 0) is 11.2 Å². The van der Waals surface area contributed by atoms with Crippen LogP contribution in [-0.4, -0.2) is 40.5 Å². The third-order valence-electron chi connectivity index (χ3n) is 3.17. The van der Waals surface area contributed by atoms with E-state index in [1.54, 1.807) is 12.1 Å². The number of hydrogen-bond acceptors (Lipinski definition) is 4. The van der Waals surface area contributed by atoms with Crippen molar-refractivity contribution in [2.24, 2.45) is 5.92 Å². The lowest BCUT2D eigenvalue weighted by molar-refractivity contribution is -0.384. The number of aliphatic carboxylic acids is 1. The van der Waals surface area contributed by atoms with E-state index in [1.807, 2.05) is 0 Å². The highest BCUT2D eigenvalue weighted by Gasteiger charge is 2.31. The number of carboxylic acid groups (broad SMARTS) is 1. The second-order valence-corrected chi connectivity index (χ2v) is 4.47. The number of likely N-dealkylation sites (tertiary alicyclic amines) is 1. The number of benzene rings is 1. The van der Waals surface area contributed by atoms with Crippen molar-refractivity contribution >= 4 is 11.7 Å². The van der Waals surface area contributed by atoms with Gasteiger partial charge in [0.05, 0.1) is 10.8 Å². The first kappa shape index (κ1) is 12.5. The zero-order valence-corrected chi connectivity index (χ0v) is 9.78. The molecule has 18 heavy (non-hydrogen) atoms. The zero-order chi connectivity index (χ0) is 13.1. The first-order valence-electron chi connectivity index (χ1n) is 5.75. The zero-order valence-electron chi connectivity index (χ0n) is 9.78. The van der Waals surface area contributed by atoms with E-state index in [1.165, 1.54) is 12.1 Å². The number of nitrogens with zero attached hydrogens (tertiary/aromatic N) is 2. The maximum absolute atomic E-state index is 10.6. The average molecular weight is 250 g/mol. The predicted octanol–water partition coefficient (Wildman–Crippen LogP) is 1.15. The van der Waals surface area contributed by atoms with Gasteiger partial charge >= 0.3 is 5.97 Å². The van der Waals surface area contributed by atoms with Gasteiger partial charge in [0.1, 0.15) is 0 Å². The van der Waals surface area contributed by atoms with Crippen LogP contribution in [0.2, 0.25) is 0 Å². The molecular formula is C12H14N2O4. The molecule has 1 fully saturated rings. The number of carboxylic acids is 1. The molecule has 1 aromatic rings. The molecular weight excluding hydrogens is 236 g/mol. The number of non-ortho nitro benzene ring substituents is 1. The van der Waals surface area contributed by atoms with E-state index in [9.17, 15) is 14.9 Å². The molecule has 6 heteroatoms. The lowest BCUT2D eigenvalue weighted by atomic mass is 9.99. The Morgan fingerprint density at radius 1 is 1.39 bits per heavy atom. The van der Waals surface area contributed by atoms with Crippen molar-refractivity contribution in [2.45, 2.75) is 6.42 Å². The topological polar surface area (TPSA) is 83.7 Å². The Morgan fingerprint density at radius 2 is 2.00 bits per heavy atom. The predicted molar refractivity (Wildman–Crippen MR) is 64.4 cm³/mol. The van der Waals surface area contributed by atoms with Gasteiger partial charge in [-0.1, -0.05) is 12.1 Å². The normalized spacial score (nSPS) is 16.2. The highest BCUT2D eigenvalue weighted by molar-refractivity contribution is 5.71. The van der Waals surface area contributed by atoms with Crippen LogP contribution in [0.1, 0.15) is 5.56 Å². The van der Waals surface area contributed by atoms with Crippen LogP contribution in [0.4, 0.5) is 5.69 Å². The molecule has 0 aromatic heterocycles. The number of rotatable bonds is 5. The van der Waals surface area contributed by atoms with Gasteiger partial charge in [0, 0.05) is 31.8 Å². The third-order valence-corrected chi connectivity index (χ3v) is 3.17. The van der Waals surface area contributed by atoms with Crippen molar-refractivity contribution in [3.05, 3.63) is 39.9 Å². The summed E-state index contributed by atoms with van der Waals surface area (Å²) in [6.07, 6.45) is 0.782. The van der Waals surface area contributed by atoms with Crippen LogP contribution in [0.5, 0.6) is 0 Å². The summed E-state index contributed by atoms with van der Waals surface area (Å²) in [4.78, 5) is 22.7. The Hall–Kier alpha value is -1.95. The number of carbonyl (C=O) groups is 1. The smallest absolute Gasteiger partial charge is 0.309 e. The van der Waals surface area contributed by atoms with Crippen molar-refractivity contribution < 1.29 is 14.8 Å². The van der Waals surface area contributed by atoms with Crippen LogP contribution in [0.3, 0.4) is 0 Å². The Kier molecular flexibility index (Phi) is 3.57. The quantitative estimate of drug-likeness (QED) is 0.626. The fraction of sp³-hybridized carbons (Fsp3) is 0.417. The molecule has 0 amide bonds. The molecule has 0 radical (unpaired) electrons. The van der Waals surface area contributed by atoms with E-state index in [4.69, 9.17) is 5.11 Å². The monoisotopic (exact) mass is 250 g/mol.